The standard InChI is InChI=1S/C20H20N2OS/c1-22(14-16-5-3-2-4-6-16)15-17-7-9-19(21-13-17)20-10-8-18(24-20)11-12-23/h2-10,12-13H,11,14-15H2,1H3. The summed E-state index contributed by atoms with van der Waals surface area (Å²) in [6.45, 7) is 1.78. The maximum absolute atomic E-state index is 10.6. The van der Waals surface area contributed by atoms with E-state index < -0.39 is 0 Å². The van der Waals surface area contributed by atoms with Crippen molar-refractivity contribution in [3.05, 3.63) is 76.8 Å². The third-order valence-electron chi connectivity index (χ3n) is 3.77. The van der Waals surface area contributed by atoms with Crippen molar-refractivity contribution in [2.45, 2.75) is 19.5 Å². The molecule has 2 aromatic heterocycles. The predicted molar refractivity (Wildman–Crippen MR) is 98.9 cm³/mol. The Morgan fingerprint density at radius 1 is 1.00 bits per heavy atom. The lowest BCUT2D eigenvalue weighted by atomic mass is 10.2. The van der Waals surface area contributed by atoms with Gasteiger partial charge >= 0.3 is 0 Å². The second kappa shape index (κ2) is 7.99. The quantitative estimate of drug-likeness (QED) is 0.607. The Morgan fingerprint density at radius 2 is 1.79 bits per heavy atom. The number of aldehydes is 1. The maximum Gasteiger partial charge on any atom is 0.125 e. The average molecular weight is 336 g/mol. The summed E-state index contributed by atoms with van der Waals surface area (Å²) in [6, 6.07) is 18.7. The topological polar surface area (TPSA) is 33.2 Å². The molecule has 0 aliphatic heterocycles. The van der Waals surface area contributed by atoms with Crippen LogP contribution in [0.15, 0.2) is 60.8 Å². The van der Waals surface area contributed by atoms with E-state index >= 15 is 0 Å². The monoisotopic (exact) mass is 336 g/mol. The van der Waals surface area contributed by atoms with Gasteiger partial charge in [0.2, 0.25) is 0 Å². The van der Waals surface area contributed by atoms with Gasteiger partial charge in [0.25, 0.3) is 0 Å². The first kappa shape index (κ1) is 16.6. The van der Waals surface area contributed by atoms with Gasteiger partial charge in [-0.25, -0.2) is 0 Å². The van der Waals surface area contributed by atoms with Gasteiger partial charge in [0.15, 0.2) is 0 Å². The van der Waals surface area contributed by atoms with Crippen LogP contribution < -0.4 is 0 Å². The lowest BCUT2D eigenvalue weighted by Crippen LogP contribution is -2.17. The fraction of sp³-hybridized carbons (Fsp3) is 0.200. The second-order valence-corrected chi connectivity index (χ2v) is 7.01. The number of pyridine rings is 1. The summed E-state index contributed by atoms with van der Waals surface area (Å²) in [7, 11) is 2.12. The zero-order chi connectivity index (χ0) is 16.8. The molecule has 0 unspecified atom stereocenters. The van der Waals surface area contributed by atoms with Crippen molar-refractivity contribution in [1.82, 2.24) is 9.88 Å². The molecule has 0 N–H and O–H groups in total. The Kier molecular flexibility index (Phi) is 5.51. The van der Waals surface area contributed by atoms with Crippen LogP contribution in [0.4, 0.5) is 0 Å². The van der Waals surface area contributed by atoms with Crippen LogP contribution in [-0.2, 0) is 24.3 Å². The van der Waals surface area contributed by atoms with Crippen LogP contribution in [0.2, 0.25) is 0 Å². The predicted octanol–water partition coefficient (Wildman–Crippen LogP) is 4.18. The zero-order valence-corrected chi connectivity index (χ0v) is 14.5. The van der Waals surface area contributed by atoms with E-state index in [1.165, 1.54) is 11.1 Å². The Bertz CT molecular complexity index is 781. The van der Waals surface area contributed by atoms with E-state index in [4.69, 9.17) is 0 Å². The summed E-state index contributed by atoms with van der Waals surface area (Å²) in [5, 5.41) is 0. The average Bonchev–Trinajstić information content (AvgIpc) is 3.05. The minimum atomic E-state index is 0.479. The summed E-state index contributed by atoms with van der Waals surface area (Å²) in [4.78, 5) is 19.6. The van der Waals surface area contributed by atoms with Crippen LogP contribution in [0.1, 0.15) is 16.0 Å². The molecule has 24 heavy (non-hydrogen) atoms. The number of hydrogen-bond acceptors (Lipinski definition) is 4. The Hall–Kier alpha value is -2.30. The first-order chi connectivity index (χ1) is 11.7. The highest BCUT2D eigenvalue weighted by molar-refractivity contribution is 7.15. The molecule has 0 bridgehead atoms. The van der Waals surface area contributed by atoms with E-state index in [-0.39, 0.29) is 0 Å². The number of benzene rings is 1. The number of carbonyl (C=O) groups is 1. The number of thiophene rings is 1. The van der Waals surface area contributed by atoms with Crippen molar-refractivity contribution >= 4 is 17.6 Å². The van der Waals surface area contributed by atoms with Crippen molar-refractivity contribution < 1.29 is 4.79 Å². The minimum absolute atomic E-state index is 0.479. The molecule has 0 atom stereocenters. The first-order valence-electron chi connectivity index (χ1n) is 7.95. The van der Waals surface area contributed by atoms with Crippen LogP contribution in [0, 0.1) is 0 Å². The molecule has 0 aliphatic rings. The highest BCUT2D eigenvalue weighted by Crippen LogP contribution is 2.26. The lowest BCUT2D eigenvalue weighted by Gasteiger charge is -2.16. The van der Waals surface area contributed by atoms with E-state index in [9.17, 15) is 4.79 Å². The highest BCUT2D eigenvalue weighted by atomic mass is 32.1. The maximum atomic E-state index is 10.6. The molecular formula is C20H20N2OS. The minimum Gasteiger partial charge on any atom is -0.303 e. The van der Waals surface area contributed by atoms with E-state index in [1.54, 1.807) is 11.3 Å². The van der Waals surface area contributed by atoms with Gasteiger partial charge in [0, 0.05) is 30.6 Å². The number of nitrogens with zero attached hydrogens (tertiary/aromatic N) is 2. The van der Waals surface area contributed by atoms with Gasteiger partial charge < -0.3 is 4.79 Å². The fourth-order valence-corrected chi connectivity index (χ4v) is 3.57. The first-order valence-corrected chi connectivity index (χ1v) is 8.76. The van der Waals surface area contributed by atoms with E-state index in [2.05, 4.69) is 53.3 Å². The van der Waals surface area contributed by atoms with Gasteiger partial charge in [-0.15, -0.1) is 11.3 Å². The molecule has 0 amide bonds. The molecule has 0 saturated heterocycles. The van der Waals surface area contributed by atoms with Crippen LogP contribution in [-0.4, -0.2) is 23.2 Å². The molecule has 0 fully saturated rings. The number of carbonyl (C=O) groups excluding carboxylic acids is 1. The molecule has 3 aromatic rings. The van der Waals surface area contributed by atoms with Crippen LogP contribution >= 0.6 is 11.3 Å². The number of aromatic nitrogens is 1. The number of hydrogen-bond donors (Lipinski definition) is 0. The largest absolute Gasteiger partial charge is 0.303 e. The van der Waals surface area contributed by atoms with Gasteiger partial charge in [-0.2, -0.15) is 0 Å². The zero-order valence-electron chi connectivity index (χ0n) is 13.7. The molecule has 0 spiro atoms. The van der Waals surface area contributed by atoms with Gasteiger partial charge in [-0.3, -0.25) is 9.88 Å². The third kappa shape index (κ3) is 4.37. The highest BCUT2D eigenvalue weighted by Gasteiger charge is 2.06. The smallest absolute Gasteiger partial charge is 0.125 e. The van der Waals surface area contributed by atoms with Gasteiger partial charge in [0.05, 0.1) is 10.6 Å². The summed E-state index contributed by atoms with van der Waals surface area (Å²) in [6.07, 6.45) is 3.36. The van der Waals surface area contributed by atoms with Crippen molar-refractivity contribution in [3.8, 4) is 10.6 Å². The molecule has 0 radical (unpaired) electrons. The van der Waals surface area contributed by atoms with Crippen molar-refractivity contribution in [2.75, 3.05) is 7.05 Å². The Balaban J connectivity index is 1.62. The molecule has 3 rings (SSSR count). The van der Waals surface area contributed by atoms with Crippen molar-refractivity contribution in [1.29, 1.82) is 0 Å². The van der Waals surface area contributed by atoms with E-state index in [1.807, 2.05) is 24.4 Å². The van der Waals surface area contributed by atoms with Crippen molar-refractivity contribution in [2.24, 2.45) is 0 Å². The molecule has 2 heterocycles. The van der Waals surface area contributed by atoms with Gasteiger partial charge in [-0.1, -0.05) is 36.4 Å². The van der Waals surface area contributed by atoms with Crippen LogP contribution in [0.3, 0.4) is 0 Å². The SMILES string of the molecule is CN(Cc1ccccc1)Cc1ccc(-c2ccc(CC=O)s2)nc1. The Morgan fingerprint density at radius 3 is 2.50 bits per heavy atom. The molecular weight excluding hydrogens is 316 g/mol. The van der Waals surface area contributed by atoms with Gasteiger partial charge in [-0.05, 0) is 36.4 Å². The van der Waals surface area contributed by atoms with Crippen LogP contribution in [0.25, 0.3) is 10.6 Å². The summed E-state index contributed by atoms with van der Waals surface area (Å²) in [5.74, 6) is 0. The lowest BCUT2D eigenvalue weighted by molar-refractivity contribution is -0.107. The summed E-state index contributed by atoms with van der Waals surface area (Å²) in [5.41, 5.74) is 3.47. The Labute approximate surface area is 146 Å². The molecule has 4 heteroatoms. The molecule has 1 aromatic carbocycles. The summed E-state index contributed by atoms with van der Waals surface area (Å²) >= 11 is 1.63. The van der Waals surface area contributed by atoms with E-state index in [0.29, 0.717) is 6.42 Å². The molecule has 0 saturated carbocycles. The second-order valence-electron chi connectivity index (χ2n) is 5.85. The van der Waals surface area contributed by atoms with Crippen molar-refractivity contribution in [3.63, 3.8) is 0 Å². The number of rotatable bonds is 7. The third-order valence-corrected chi connectivity index (χ3v) is 4.90. The molecule has 3 nitrogen and oxygen atoms in total. The fourth-order valence-electron chi connectivity index (χ4n) is 2.63. The summed E-state index contributed by atoms with van der Waals surface area (Å²) < 4.78 is 0. The van der Waals surface area contributed by atoms with Gasteiger partial charge in [0.1, 0.15) is 6.29 Å². The van der Waals surface area contributed by atoms with Crippen LogP contribution in [0.5, 0.6) is 0 Å². The van der Waals surface area contributed by atoms with E-state index in [0.717, 1.165) is 34.8 Å². The molecule has 122 valence electrons. The molecule has 0 aliphatic carbocycles. The normalized spacial score (nSPS) is 10.9.